The Morgan fingerprint density at radius 3 is 2.67 bits per heavy atom. The molecule has 0 radical (unpaired) electrons. The molecule has 2 heteroatoms. The third-order valence-corrected chi connectivity index (χ3v) is 3.23. The monoisotopic (exact) mass is 204 g/mol. The Hall–Kier alpha value is -1.31. The van der Waals surface area contributed by atoms with Crippen molar-refractivity contribution in [3.8, 4) is 0 Å². The van der Waals surface area contributed by atoms with Crippen LogP contribution in [0.4, 0.5) is 0 Å². The van der Waals surface area contributed by atoms with E-state index in [2.05, 4.69) is 26.8 Å². The number of fused-ring (bicyclic) bond motifs is 1. The van der Waals surface area contributed by atoms with Crippen molar-refractivity contribution in [1.82, 2.24) is 0 Å². The summed E-state index contributed by atoms with van der Waals surface area (Å²) in [6, 6.07) is 6.03. The largest absolute Gasteiger partial charge is 0.457 e. The second kappa shape index (κ2) is 3.69. The molecule has 1 aromatic rings. The lowest BCUT2D eigenvalue weighted by Gasteiger charge is -2.16. The van der Waals surface area contributed by atoms with Crippen LogP contribution in [-0.2, 0) is 11.3 Å². The van der Waals surface area contributed by atoms with Gasteiger partial charge in [0.2, 0.25) is 0 Å². The fourth-order valence-corrected chi connectivity index (χ4v) is 1.82. The van der Waals surface area contributed by atoms with E-state index in [1.54, 1.807) is 0 Å². The van der Waals surface area contributed by atoms with E-state index in [4.69, 9.17) is 4.74 Å². The van der Waals surface area contributed by atoms with Crippen LogP contribution in [-0.4, -0.2) is 5.97 Å². The number of ether oxygens (including phenoxy) is 1. The highest BCUT2D eigenvalue weighted by Crippen LogP contribution is 2.28. The van der Waals surface area contributed by atoms with Gasteiger partial charge < -0.3 is 4.74 Å². The summed E-state index contributed by atoms with van der Waals surface area (Å²) in [6.45, 7) is 7.07. The van der Waals surface area contributed by atoms with Gasteiger partial charge in [-0.25, -0.2) is 4.79 Å². The van der Waals surface area contributed by atoms with Crippen molar-refractivity contribution in [3.05, 3.63) is 34.9 Å². The minimum absolute atomic E-state index is 0.186. The second-order valence-electron chi connectivity index (χ2n) is 4.53. The summed E-state index contributed by atoms with van der Waals surface area (Å²) < 4.78 is 4.98. The van der Waals surface area contributed by atoms with E-state index in [-0.39, 0.29) is 5.97 Å². The Balaban J connectivity index is 2.34. The SMILES string of the molecule is CC(C)C(C)c1ccc2c(c1)COC2=O. The molecule has 0 bridgehead atoms. The van der Waals surface area contributed by atoms with Crippen molar-refractivity contribution in [2.24, 2.45) is 5.92 Å². The topological polar surface area (TPSA) is 26.3 Å². The van der Waals surface area contributed by atoms with E-state index in [1.807, 2.05) is 12.1 Å². The van der Waals surface area contributed by atoms with E-state index in [9.17, 15) is 4.79 Å². The quantitative estimate of drug-likeness (QED) is 0.692. The molecule has 0 N–H and O–H groups in total. The maximum atomic E-state index is 11.3. The first kappa shape index (κ1) is 10.2. The van der Waals surface area contributed by atoms with Gasteiger partial charge in [0.15, 0.2) is 0 Å². The molecule has 1 aliphatic rings. The van der Waals surface area contributed by atoms with Gasteiger partial charge in [-0.3, -0.25) is 0 Å². The number of esters is 1. The minimum Gasteiger partial charge on any atom is -0.457 e. The van der Waals surface area contributed by atoms with Gasteiger partial charge in [-0.05, 0) is 23.5 Å². The highest BCUT2D eigenvalue weighted by Gasteiger charge is 2.22. The Kier molecular flexibility index (Phi) is 2.51. The molecule has 0 saturated carbocycles. The Morgan fingerprint density at radius 2 is 2.00 bits per heavy atom. The molecule has 0 fully saturated rings. The number of benzene rings is 1. The average Bonchev–Trinajstić information content (AvgIpc) is 2.59. The van der Waals surface area contributed by atoms with Gasteiger partial charge in [-0.15, -0.1) is 0 Å². The van der Waals surface area contributed by atoms with Crippen molar-refractivity contribution >= 4 is 5.97 Å². The van der Waals surface area contributed by atoms with Gasteiger partial charge in [-0.1, -0.05) is 32.9 Å². The minimum atomic E-state index is -0.186. The molecule has 0 amide bonds. The predicted molar refractivity (Wildman–Crippen MR) is 58.8 cm³/mol. The highest BCUT2D eigenvalue weighted by atomic mass is 16.5. The van der Waals surface area contributed by atoms with Gasteiger partial charge >= 0.3 is 5.97 Å². The first-order chi connectivity index (χ1) is 7.09. The lowest BCUT2D eigenvalue weighted by molar-refractivity contribution is 0.0535. The zero-order valence-electron chi connectivity index (χ0n) is 9.41. The van der Waals surface area contributed by atoms with Crippen molar-refractivity contribution in [1.29, 1.82) is 0 Å². The molecule has 1 heterocycles. The molecule has 1 aromatic carbocycles. The van der Waals surface area contributed by atoms with Gasteiger partial charge in [0.05, 0.1) is 5.56 Å². The van der Waals surface area contributed by atoms with Crippen LogP contribution in [0.5, 0.6) is 0 Å². The maximum absolute atomic E-state index is 11.3. The average molecular weight is 204 g/mol. The number of carbonyl (C=O) groups excluding carboxylic acids is 1. The number of hydrogen-bond acceptors (Lipinski definition) is 2. The molecule has 0 aromatic heterocycles. The first-order valence-corrected chi connectivity index (χ1v) is 5.39. The lowest BCUT2D eigenvalue weighted by Crippen LogP contribution is -2.03. The Morgan fingerprint density at radius 1 is 1.27 bits per heavy atom. The molecule has 2 nitrogen and oxygen atoms in total. The third-order valence-electron chi connectivity index (χ3n) is 3.23. The Labute approximate surface area is 90.3 Å². The summed E-state index contributed by atoms with van der Waals surface area (Å²) in [6.07, 6.45) is 0. The van der Waals surface area contributed by atoms with Crippen LogP contribution in [0.15, 0.2) is 18.2 Å². The van der Waals surface area contributed by atoms with Gasteiger partial charge in [0.25, 0.3) is 0 Å². The number of rotatable bonds is 2. The van der Waals surface area contributed by atoms with Crippen LogP contribution < -0.4 is 0 Å². The molecule has 2 rings (SSSR count). The number of hydrogen-bond donors (Lipinski definition) is 0. The number of carbonyl (C=O) groups is 1. The zero-order chi connectivity index (χ0) is 11.0. The molecule has 15 heavy (non-hydrogen) atoms. The maximum Gasteiger partial charge on any atom is 0.338 e. The molecule has 0 saturated heterocycles. The summed E-state index contributed by atoms with van der Waals surface area (Å²) in [4.78, 5) is 11.3. The third kappa shape index (κ3) is 1.76. The first-order valence-electron chi connectivity index (χ1n) is 5.39. The number of cyclic esters (lactones) is 1. The summed E-state index contributed by atoms with van der Waals surface area (Å²) in [5.41, 5.74) is 3.06. The van der Waals surface area contributed by atoms with Crippen molar-refractivity contribution in [3.63, 3.8) is 0 Å². The molecule has 1 aliphatic heterocycles. The van der Waals surface area contributed by atoms with Crippen LogP contribution in [0.2, 0.25) is 0 Å². The van der Waals surface area contributed by atoms with Crippen molar-refractivity contribution < 1.29 is 9.53 Å². The van der Waals surface area contributed by atoms with Gasteiger partial charge in [-0.2, -0.15) is 0 Å². The summed E-state index contributed by atoms with van der Waals surface area (Å²) in [5, 5.41) is 0. The van der Waals surface area contributed by atoms with Crippen LogP contribution in [0.25, 0.3) is 0 Å². The van der Waals surface area contributed by atoms with Crippen LogP contribution in [0.1, 0.15) is 48.2 Å². The predicted octanol–water partition coefficient (Wildman–Crippen LogP) is 3.12. The van der Waals surface area contributed by atoms with E-state index in [0.29, 0.717) is 18.4 Å². The summed E-state index contributed by atoms with van der Waals surface area (Å²) >= 11 is 0. The van der Waals surface area contributed by atoms with E-state index < -0.39 is 0 Å². The highest BCUT2D eigenvalue weighted by molar-refractivity contribution is 5.93. The molecule has 1 atom stereocenters. The van der Waals surface area contributed by atoms with Gasteiger partial charge in [0, 0.05) is 5.56 Å². The van der Waals surface area contributed by atoms with Crippen molar-refractivity contribution in [2.45, 2.75) is 33.3 Å². The van der Waals surface area contributed by atoms with Crippen molar-refractivity contribution in [2.75, 3.05) is 0 Å². The normalized spacial score (nSPS) is 16.4. The molecular formula is C13H16O2. The smallest absolute Gasteiger partial charge is 0.338 e. The van der Waals surface area contributed by atoms with Crippen LogP contribution >= 0.6 is 0 Å². The summed E-state index contributed by atoms with van der Waals surface area (Å²) in [5.74, 6) is 0.945. The molecule has 0 aliphatic carbocycles. The molecule has 0 spiro atoms. The van der Waals surface area contributed by atoms with Crippen LogP contribution in [0.3, 0.4) is 0 Å². The fourth-order valence-electron chi connectivity index (χ4n) is 1.82. The second-order valence-corrected chi connectivity index (χ2v) is 4.53. The Bertz CT molecular complexity index is 394. The standard InChI is InChI=1S/C13H16O2/c1-8(2)9(3)10-4-5-12-11(6-10)7-15-13(12)14/h4-6,8-9H,7H2,1-3H3. The lowest BCUT2D eigenvalue weighted by atomic mass is 9.89. The van der Waals surface area contributed by atoms with E-state index in [0.717, 1.165) is 11.1 Å². The zero-order valence-corrected chi connectivity index (χ0v) is 9.41. The van der Waals surface area contributed by atoms with E-state index in [1.165, 1.54) is 5.56 Å². The molecule has 80 valence electrons. The fraction of sp³-hybridized carbons (Fsp3) is 0.462. The van der Waals surface area contributed by atoms with Gasteiger partial charge in [0.1, 0.15) is 6.61 Å². The molecule has 1 unspecified atom stereocenters. The molecular weight excluding hydrogens is 188 g/mol. The van der Waals surface area contributed by atoms with E-state index >= 15 is 0 Å². The summed E-state index contributed by atoms with van der Waals surface area (Å²) in [7, 11) is 0. The van der Waals surface area contributed by atoms with Crippen LogP contribution in [0, 0.1) is 5.92 Å².